The zero-order valence-electron chi connectivity index (χ0n) is 19.0. The number of hydrogen-bond donors (Lipinski definition) is 2. The maximum atomic E-state index is 12.6. The summed E-state index contributed by atoms with van der Waals surface area (Å²) in [6.07, 6.45) is 0. The Labute approximate surface area is 194 Å². The quantitative estimate of drug-likeness (QED) is 0.482. The molecule has 2 amide bonds. The number of benzene rings is 2. The fourth-order valence-electron chi connectivity index (χ4n) is 3.45. The Morgan fingerprint density at radius 2 is 1.64 bits per heavy atom. The number of imidazole rings is 1. The molecule has 9 nitrogen and oxygen atoms in total. The van der Waals surface area contributed by atoms with Gasteiger partial charge in [-0.2, -0.15) is 0 Å². The number of amides is 2. The Morgan fingerprint density at radius 1 is 0.909 bits per heavy atom. The Kier molecular flexibility index (Phi) is 5.86. The van der Waals surface area contributed by atoms with Gasteiger partial charge in [0.2, 0.25) is 0 Å². The van der Waals surface area contributed by atoms with Crippen LogP contribution in [0.3, 0.4) is 0 Å². The molecule has 2 heterocycles. The number of rotatable bonds is 4. The maximum absolute atomic E-state index is 12.6. The summed E-state index contributed by atoms with van der Waals surface area (Å²) in [7, 11) is 4.75. The highest BCUT2D eigenvalue weighted by Crippen LogP contribution is 2.33. The van der Waals surface area contributed by atoms with E-state index in [1.807, 2.05) is 50.2 Å². The van der Waals surface area contributed by atoms with E-state index >= 15 is 0 Å². The number of nitrogens with zero attached hydrogens (tertiary/aromatic N) is 4. The van der Waals surface area contributed by atoms with Gasteiger partial charge >= 0.3 is 11.7 Å². The highest BCUT2D eigenvalue weighted by Gasteiger charge is 2.19. The number of para-hydroxylation sites is 1. The minimum absolute atomic E-state index is 0.311. The van der Waals surface area contributed by atoms with Crippen LogP contribution in [0.4, 0.5) is 16.2 Å². The van der Waals surface area contributed by atoms with E-state index in [2.05, 4.69) is 15.6 Å². The number of carbonyl (C=O) groups is 1. The fraction of sp³-hybridized carbons (Fsp3) is 0.217. The van der Waals surface area contributed by atoms with Gasteiger partial charge in [-0.25, -0.2) is 14.6 Å². The SMILES string of the molecule is Cc1ccc(NC(=O)Nc2ccccc2Sc2nc3c(c(=O)n(C)c(=O)n3C)n2C)cc1C. The van der Waals surface area contributed by atoms with Crippen molar-refractivity contribution in [2.45, 2.75) is 23.9 Å². The van der Waals surface area contributed by atoms with Crippen LogP contribution in [0.15, 0.2) is 62.1 Å². The van der Waals surface area contributed by atoms with Crippen molar-refractivity contribution in [1.82, 2.24) is 18.7 Å². The van der Waals surface area contributed by atoms with E-state index in [1.165, 1.54) is 23.4 Å². The van der Waals surface area contributed by atoms with Crippen LogP contribution in [0.1, 0.15) is 11.1 Å². The van der Waals surface area contributed by atoms with Crippen molar-refractivity contribution >= 4 is 40.3 Å². The number of anilines is 2. The van der Waals surface area contributed by atoms with Crippen LogP contribution in [-0.4, -0.2) is 24.7 Å². The number of urea groups is 1. The first-order chi connectivity index (χ1) is 15.7. The highest BCUT2D eigenvalue weighted by molar-refractivity contribution is 7.99. The molecule has 0 spiro atoms. The Balaban J connectivity index is 1.63. The summed E-state index contributed by atoms with van der Waals surface area (Å²) in [6, 6.07) is 12.7. The summed E-state index contributed by atoms with van der Waals surface area (Å²) in [6.45, 7) is 4.01. The molecule has 2 aromatic carbocycles. The van der Waals surface area contributed by atoms with Gasteiger partial charge < -0.3 is 15.2 Å². The van der Waals surface area contributed by atoms with Gasteiger partial charge in [0.1, 0.15) is 0 Å². The molecule has 0 fully saturated rings. The number of aryl methyl sites for hydroxylation is 4. The highest BCUT2D eigenvalue weighted by atomic mass is 32.2. The molecule has 0 saturated heterocycles. The largest absolute Gasteiger partial charge is 0.332 e. The van der Waals surface area contributed by atoms with Gasteiger partial charge in [0.15, 0.2) is 16.3 Å². The Hall–Kier alpha value is -3.79. The molecule has 10 heteroatoms. The van der Waals surface area contributed by atoms with Gasteiger partial charge in [-0.1, -0.05) is 18.2 Å². The van der Waals surface area contributed by atoms with Crippen molar-refractivity contribution in [3.8, 4) is 0 Å². The lowest BCUT2D eigenvalue weighted by molar-refractivity contribution is 0.262. The van der Waals surface area contributed by atoms with Crippen LogP contribution in [0.5, 0.6) is 0 Å². The monoisotopic (exact) mass is 464 g/mol. The number of aromatic nitrogens is 4. The van der Waals surface area contributed by atoms with E-state index in [1.54, 1.807) is 24.7 Å². The smallest absolute Gasteiger partial charge is 0.316 e. The molecule has 170 valence electrons. The predicted molar refractivity (Wildman–Crippen MR) is 130 cm³/mol. The zero-order chi connectivity index (χ0) is 23.9. The molecule has 4 aromatic rings. The number of nitrogens with one attached hydrogen (secondary N) is 2. The third kappa shape index (κ3) is 4.17. The maximum Gasteiger partial charge on any atom is 0.332 e. The lowest BCUT2D eigenvalue weighted by Gasteiger charge is -2.12. The standard InChI is InChI=1S/C23H24N6O3S/c1-13-10-11-15(12-14(13)2)24-21(31)25-16-8-6-7-9-17(16)33-22-26-19-18(27(22)3)20(30)29(5)23(32)28(19)4/h6-12H,1-5H3,(H2,24,25,31). The third-order valence-corrected chi connectivity index (χ3v) is 6.66. The minimum atomic E-state index is -0.438. The molecule has 0 unspecified atom stereocenters. The topological polar surface area (TPSA) is 103 Å². The average Bonchev–Trinajstić information content (AvgIpc) is 3.11. The minimum Gasteiger partial charge on any atom is -0.316 e. The van der Waals surface area contributed by atoms with Crippen LogP contribution in [0.25, 0.3) is 11.2 Å². The fourth-order valence-corrected chi connectivity index (χ4v) is 4.38. The molecule has 2 N–H and O–H groups in total. The summed E-state index contributed by atoms with van der Waals surface area (Å²) in [4.78, 5) is 42.8. The van der Waals surface area contributed by atoms with Gasteiger partial charge in [0.05, 0.1) is 5.69 Å². The van der Waals surface area contributed by atoms with Crippen molar-refractivity contribution in [3.05, 3.63) is 74.4 Å². The first kappa shape index (κ1) is 22.4. The lowest BCUT2D eigenvalue weighted by Crippen LogP contribution is -2.37. The first-order valence-electron chi connectivity index (χ1n) is 10.2. The summed E-state index contributed by atoms with van der Waals surface area (Å²) < 4.78 is 4.07. The van der Waals surface area contributed by atoms with E-state index in [-0.39, 0.29) is 6.03 Å². The molecule has 0 aliphatic heterocycles. The van der Waals surface area contributed by atoms with Gasteiger partial charge in [0, 0.05) is 31.7 Å². The van der Waals surface area contributed by atoms with Crippen molar-refractivity contribution in [2.75, 3.05) is 10.6 Å². The van der Waals surface area contributed by atoms with Crippen LogP contribution in [0.2, 0.25) is 0 Å². The number of hydrogen-bond acceptors (Lipinski definition) is 5. The van der Waals surface area contributed by atoms with Crippen LogP contribution in [0, 0.1) is 13.8 Å². The second-order valence-corrected chi connectivity index (χ2v) is 8.82. The Bertz CT molecular complexity index is 1520. The van der Waals surface area contributed by atoms with E-state index < -0.39 is 11.2 Å². The van der Waals surface area contributed by atoms with Crippen molar-refractivity contribution in [2.24, 2.45) is 21.1 Å². The molecular weight excluding hydrogens is 440 g/mol. The van der Waals surface area contributed by atoms with Crippen molar-refractivity contribution in [1.29, 1.82) is 0 Å². The van der Waals surface area contributed by atoms with Crippen molar-refractivity contribution < 1.29 is 4.79 Å². The molecule has 0 atom stereocenters. The summed E-state index contributed by atoms with van der Waals surface area (Å²) in [5.41, 5.74) is 3.33. The molecule has 0 bridgehead atoms. The van der Waals surface area contributed by atoms with E-state index in [9.17, 15) is 14.4 Å². The average molecular weight is 465 g/mol. The molecule has 33 heavy (non-hydrogen) atoms. The van der Waals surface area contributed by atoms with Crippen LogP contribution < -0.4 is 21.9 Å². The molecule has 0 aliphatic carbocycles. The molecule has 2 aromatic heterocycles. The number of fused-ring (bicyclic) bond motifs is 1. The van der Waals surface area contributed by atoms with Gasteiger partial charge in [-0.05, 0) is 61.0 Å². The van der Waals surface area contributed by atoms with E-state index in [0.717, 1.165) is 20.6 Å². The van der Waals surface area contributed by atoms with Crippen LogP contribution in [-0.2, 0) is 21.1 Å². The van der Waals surface area contributed by atoms with Gasteiger partial charge in [-0.15, -0.1) is 0 Å². The third-order valence-electron chi connectivity index (χ3n) is 5.54. The summed E-state index contributed by atoms with van der Waals surface area (Å²) >= 11 is 1.29. The predicted octanol–water partition coefficient (Wildman–Crippen LogP) is 3.38. The second-order valence-electron chi connectivity index (χ2n) is 7.81. The summed E-state index contributed by atoms with van der Waals surface area (Å²) in [5.74, 6) is 0. The lowest BCUT2D eigenvalue weighted by atomic mass is 10.1. The van der Waals surface area contributed by atoms with E-state index in [4.69, 9.17) is 0 Å². The van der Waals surface area contributed by atoms with Gasteiger partial charge in [-0.3, -0.25) is 13.9 Å². The number of carbonyl (C=O) groups excluding carboxylic acids is 1. The van der Waals surface area contributed by atoms with E-state index in [0.29, 0.717) is 27.7 Å². The normalized spacial score (nSPS) is 11.1. The molecule has 0 aliphatic rings. The zero-order valence-corrected chi connectivity index (χ0v) is 19.8. The second kappa shape index (κ2) is 8.62. The van der Waals surface area contributed by atoms with Gasteiger partial charge in [0.25, 0.3) is 5.56 Å². The van der Waals surface area contributed by atoms with Crippen LogP contribution >= 0.6 is 11.8 Å². The molecular formula is C23H24N6O3S. The molecule has 0 radical (unpaired) electrons. The summed E-state index contributed by atoms with van der Waals surface area (Å²) in [5, 5.41) is 6.25. The molecule has 0 saturated carbocycles. The molecule has 4 rings (SSSR count). The Morgan fingerprint density at radius 3 is 2.36 bits per heavy atom. The van der Waals surface area contributed by atoms with Crippen molar-refractivity contribution in [3.63, 3.8) is 0 Å². The first-order valence-corrected chi connectivity index (χ1v) is 11.0.